The monoisotopic (exact) mass is 384 g/mol. The molecular formula is C21H24N2O5. The number of benzene rings is 2. The standard InChI is InChI=1S/C21H24N2O5/c1-26-17-11-16(12-18(13-17)27-2)22-20(24)19-9-6-10-23(19)21(25)28-14-15-7-4-3-5-8-15/h3-5,7-8,11-13,19H,6,9-10,14H2,1-2H3,(H,22,24)/t19-/m1/s1. The van der Waals surface area contributed by atoms with E-state index >= 15 is 0 Å². The van der Waals surface area contributed by atoms with Gasteiger partial charge in [-0.25, -0.2) is 4.79 Å². The van der Waals surface area contributed by atoms with Crippen LogP contribution in [0, 0.1) is 0 Å². The maximum atomic E-state index is 12.8. The zero-order valence-corrected chi connectivity index (χ0v) is 16.0. The van der Waals surface area contributed by atoms with E-state index in [1.807, 2.05) is 30.3 Å². The van der Waals surface area contributed by atoms with Gasteiger partial charge in [-0.2, -0.15) is 0 Å². The van der Waals surface area contributed by atoms with E-state index in [-0.39, 0.29) is 12.5 Å². The number of carbonyl (C=O) groups is 2. The molecule has 1 atom stereocenters. The summed E-state index contributed by atoms with van der Waals surface area (Å²) in [5, 5.41) is 2.84. The SMILES string of the molecule is COc1cc(NC(=O)[C@H]2CCCN2C(=O)OCc2ccccc2)cc(OC)c1. The number of methoxy groups -OCH3 is 2. The van der Waals surface area contributed by atoms with E-state index in [0.29, 0.717) is 30.2 Å². The topological polar surface area (TPSA) is 77.1 Å². The number of ether oxygens (including phenoxy) is 3. The van der Waals surface area contributed by atoms with Gasteiger partial charge in [-0.15, -0.1) is 0 Å². The Balaban J connectivity index is 1.63. The van der Waals surface area contributed by atoms with Crippen molar-refractivity contribution in [1.29, 1.82) is 0 Å². The molecule has 1 aliphatic rings. The lowest BCUT2D eigenvalue weighted by Gasteiger charge is -2.23. The minimum absolute atomic E-state index is 0.178. The van der Waals surface area contributed by atoms with Gasteiger partial charge in [0.25, 0.3) is 0 Å². The molecule has 2 aromatic rings. The minimum atomic E-state index is -0.569. The van der Waals surface area contributed by atoms with Crippen LogP contribution in [0.15, 0.2) is 48.5 Å². The predicted octanol–water partition coefficient (Wildman–Crippen LogP) is 3.44. The summed E-state index contributed by atoms with van der Waals surface area (Å²) in [6.07, 6.45) is 0.859. The van der Waals surface area contributed by atoms with Gasteiger partial charge in [0.2, 0.25) is 5.91 Å². The van der Waals surface area contributed by atoms with Crippen LogP contribution in [0.1, 0.15) is 18.4 Å². The van der Waals surface area contributed by atoms with Gasteiger partial charge in [0.15, 0.2) is 0 Å². The first-order chi connectivity index (χ1) is 13.6. The van der Waals surface area contributed by atoms with Gasteiger partial charge in [0, 0.05) is 30.4 Å². The normalized spacial score (nSPS) is 15.8. The summed E-state index contributed by atoms with van der Waals surface area (Å²) in [5.41, 5.74) is 1.45. The molecule has 0 aromatic heterocycles. The Hall–Kier alpha value is -3.22. The van der Waals surface area contributed by atoms with E-state index in [9.17, 15) is 9.59 Å². The van der Waals surface area contributed by atoms with Crippen molar-refractivity contribution in [2.75, 3.05) is 26.1 Å². The second-order valence-corrected chi connectivity index (χ2v) is 6.48. The second kappa shape index (κ2) is 9.12. The van der Waals surface area contributed by atoms with Crippen molar-refractivity contribution < 1.29 is 23.8 Å². The van der Waals surface area contributed by atoms with E-state index in [1.165, 1.54) is 4.90 Å². The van der Waals surface area contributed by atoms with Crippen molar-refractivity contribution in [3.8, 4) is 11.5 Å². The molecule has 7 nitrogen and oxygen atoms in total. The molecule has 1 fully saturated rings. The molecule has 0 spiro atoms. The van der Waals surface area contributed by atoms with E-state index in [4.69, 9.17) is 14.2 Å². The van der Waals surface area contributed by atoms with Crippen LogP contribution >= 0.6 is 0 Å². The van der Waals surface area contributed by atoms with Crippen molar-refractivity contribution in [2.24, 2.45) is 0 Å². The third-order valence-electron chi connectivity index (χ3n) is 4.61. The summed E-state index contributed by atoms with van der Waals surface area (Å²) in [7, 11) is 3.09. The van der Waals surface area contributed by atoms with Gasteiger partial charge in [0.05, 0.1) is 14.2 Å². The Bertz CT molecular complexity index is 803. The number of hydrogen-bond donors (Lipinski definition) is 1. The molecule has 0 aliphatic carbocycles. The Kier molecular flexibility index (Phi) is 6.37. The molecule has 1 N–H and O–H groups in total. The smallest absolute Gasteiger partial charge is 0.410 e. The number of anilines is 1. The predicted molar refractivity (Wildman–Crippen MR) is 105 cm³/mol. The lowest BCUT2D eigenvalue weighted by Crippen LogP contribution is -2.43. The largest absolute Gasteiger partial charge is 0.497 e. The molecule has 0 unspecified atom stereocenters. The zero-order chi connectivity index (χ0) is 19.9. The molecule has 28 heavy (non-hydrogen) atoms. The van der Waals surface area contributed by atoms with E-state index in [1.54, 1.807) is 32.4 Å². The average molecular weight is 384 g/mol. The molecule has 0 saturated carbocycles. The van der Waals surface area contributed by atoms with Crippen LogP contribution in [0.2, 0.25) is 0 Å². The Morgan fingerprint density at radius 2 is 1.75 bits per heavy atom. The first kappa shape index (κ1) is 19.5. The molecule has 0 radical (unpaired) electrons. The Labute approximate surface area is 164 Å². The van der Waals surface area contributed by atoms with Crippen LogP contribution in [0.5, 0.6) is 11.5 Å². The van der Waals surface area contributed by atoms with Crippen molar-refractivity contribution in [2.45, 2.75) is 25.5 Å². The number of nitrogens with one attached hydrogen (secondary N) is 1. The minimum Gasteiger partial charge on any atom is -0.497 e. The first-order valence-corrected chi connectivity index (χ1v) is 9.12. The Morgan fingerprint density at radius 3 is 2.39 bits per heavy atom. The second-order valence-electron chi connectivity index (χ2n) is 6.48. The van der Waals surface area contributed by atoms with Gasteiger partial charge in [-0.3, -0.25) is 9.69 Å². The molecule has 1 heterocycles. The number of hydrogen-bond acceptors (Lipinski definition) is 5. The van der Waals surface area contributed by atoms with Gasteiger partial charge in [-0.05, 0) is 18.4 Å². The third-order valence-corrected chi connectivity index (χ3v) is 4.61. The molecular weight excluding hydrogens is 360 g/mol. The van der Waals surface area contributed by atoms with Crippen molar-refractivity contribution in [3.05, 3.63) is 54.1 Å². The van der Waals surface area contributed by atoms with Crippen LogP contribution < -0.4 is 14.8 Å². The third kappa shape index (κ3) is 4.73. The van der Waals surface area contributed by atoms with Crippen molar-refractivity contribution in [1.82, 2.24) is 4.90 Å². The van der Waals surface area contributed by atoms with Crippen LogP contribution in [0.25, 0.3) is 0 Å². The highest BCUT2D eigenvalue weighted by Crippen LogP contribution is 2.27. The van der Waals surface area contributed by atoms with E-state index < -0.39 is 12.1 Å². The van der Waals surface area contributed by atoms with Crippen LogP contribution in [0.3, 0.4) is 0 Å². The maximum Gasteiger partial charge on any atom is 0.410 e. The average Bonchev–Trinajstić information content (AvgIpc) is 3.22. The molecule has 1 aliphatic heterocycles. The Morgan fingerprint density at radius 1 is 1.07 bits per heavy atom. The van der Waals surface area contributed by atoms with Crippen molar-refractivity contribution in [3.63, 3.8) is 0 Å². The highest BCUT2D eigenvalue weighted by Gasteiger charge is 2.35. The lowest BCUT2D eigenvalue weighted by atomic mass is 10.2. The summed E-state index contributed by atoms with van der Waals surface area (Å²) in [6.45, 7) is 0.671. The van der Waals surface area contributed by atoms with E-state index in [0.717, 1.165) is 12.0 Å². The number of amides is 2. The zero-order valence-electron chi connectivity index (χ0n) is 16.0. The molecule has 1 saturated heterocycles. The summed E-state index contributed by atoms with van der Waals surface area (Å²) >= 11 is 0. The fraction of sp³-hybridized carbons (Fsp3) is 0.333. The van der Waals surface area contributed by atoms with Crippen molar-refractivity contribution >= 4 is 17.7 Å². The first-order valence-electron chi connectivity index (χ1n) is 9.12. The number of likely N-dealkylation sites (tertiary alicyclic amines) is 1. The summed E-state index contributed by atoms with van der Waals surface area (Å²) in [5.74, 6) is 0.880. The summed E-state index contributed by atoms with van der Waals surface area (Å²) in [6, 6.07) is 14.0. The number of nitrogens with zero attached hydrogens (tertiary/aromatic N) is 1. The molecule has 7 heteroatoms. The van der Waals surface area contributed by atoms with Gasteiger partial charge < -0.3 is 19.5 Å². The molecule has 3 rings (SSSR count). The lowest BCUT2D eigenvalue weighted by molar-refractivity contribution is -0.120. The maximum absolute atomic E-state index is 12.8. The summed E-state index contributed by atoms with van der Waals surface area (Å²) < 4.78 is 15.8. The highest BCUT2D eigenvalue weighted by molar-refractivity contribution is 5.97. The fourth-order valence-electron chi connectivity index (χ4n) is 3.17. The van der Waals surface area contributed by atoms with Gasteiger partial charge >= 0.3 is 6.09 Å². The van der Waals surface area contributed by atoms with Gasteiger partial charge in [0.1, 0.15) is 24.1 Å². The summed E-state index contributed by atoms with van der Waals surface area (Å²) in [4.78, 5) is 26.7. The van der Waals surface area contributed by atoms with E-state index in [2.05, 4.69) is 5.32 Å². The molecule has 148 valence electrons. The highest BCUT2D eigenvalue weighted by atomic mass is 16.6. The van der Waals surface area contributed by atoms with Crippen LogP contribution in [-0.4, -0.2) is 43.7 Å². The fourth-order valence-corrected chi connectivity index (χ4v) is 3.17. The number of rotatable bonds is 6. The van der Waals surface area contributed by atoms with Gasteiger partial charge in [-0.1, -0.05) is 30.3 Å². The van der Waals surface area contributed by atoms with Crippen LogP contribution in [0.4, 0.5) is 10.5 Å². The number of carbonyl (C=O) groups excluding carboxylic acids is 2. The molecule has 0 bridgehead atoms. The quantitative estimate of drug-likeness (QED) is 0.826. The molecule has 2 amide bonds. The molecule has 2 aromatic carbocycles. The van der Waals surface area contributed by atoms with Crippen LogP contribution in [-0.2, 0) is 16.1 Å².